The summed E-state index contributed by atoms with van der Waals surface area (Å²) in [5, 5.41) is 3.09. The second-order valence-electron chi connectivity index (χ2n) is 5.21. The van der Waals surface area contributed by atoms with E-state index < -0.39 is 6.04 Å². The lowest BCUT2D eigenvalue weighted by atomic mass is 10.1. The van der Waals surface area contributed by atoms with Crippen molar-refractivity contribution in [3.8, 4) is 0 Å². The Morgan fingerprint density at radius 2 is 2.05 bits per heavy atom. The summed E-state index contributed by atoms with van der Waals surface area (Å²) in [7, 11) is 0. The van der Waals surface area contributed by atoms with Crippen molar-refractivity contribution in [2.45, 2.75) is 45.2 Å². The van der Waals surface area contributed by atoms with Gasteiger partial charge in [0.1, 0.15) is 11.7 Å². The average Bonchev–Trinajstić information content (AvgIpc) is 3.05. The topological polar surface area (TPSA) is 79.4 Å². The molecule has 1 aromatic heterocycles. The summed E-state index contributed by atoms with van der Waals surface area (Å²) in [6.45, 7) is 3.70. The number of carbonyl (C=O) groups is 3. The van der Waals surface area contributed by atoms with Gasteiger partial charge in [-0.25, -0.2) is 4.98 Å². The maximum absolute atomic E-state index is 12.7. The number of nitrogens with zero attached hydrogens (tertiary/aromatic N) is 2. The van der Waals surface area contributed by atoms with Gasteiger partial charge in [-0.05, 0) is 26.7 Å². The maximum Gasteiger partial charge on any atom is 0.274 e. The molecule has 0 radical (unpaired) electrons. The average molecular weight is 293 g/mol. The van der Waals surface area contributed by atoms with Crippen LogP contribution < -0.4 is 5.32 Å². The molecular weight excluding hydrogens is 278 g/mol. The van der Waals surface area contributed by atoms with E-state index in [0.29, 0.717) is 5.69 Å². The van der Waals surface area contributed by atoms with Gasteiger partial charge in [0.2, 0.25) is 11.8 Å². The molecular formula is C13H15N3O3S. The van der Waals surface area contributed by atoms with Gasteiger partial charge in [0.25, 0.3) is 5.91 Å². The molecule has 20 heavy (non-hydrogen) atoms. The first kappa shape index (κ1) is 13.2. The number of aromatic nitrogens is 1. The molecule has 3 rings (SSSR count). The molecule has 2 aliphatic rings. The van der Waals surface area contributed by atoms with Gasteiger partial charge in [-0.3, -0.25) is 19.7 Å². The molecule has 0 spiro atoms. The Morgan fingerprint density at radius 1 is 1.35 bits per heavy atom. The van der Waals surface area contributed by atoms with Gasteiger partial charge in [0.05, 0.1) is 11.4 Å². The van der Waals surface area contributed by atoms with Crippen LogP contribution in [0.5, 0.6) is 0 Å². The summed E-state index contributed by atoms with van der Waals surface area (Å²) >= 11 is 1.46. The molecule has 3 amide bonds. The van der Waals surface area contributed by atoms with Crippen LogP contribution in [0.25, 0.3) is 0 Å². The third-order valence-corrected chi connectivity index (χ3v) is 4.45. The minimum atomic E-state index is -0.677. The molecule has 1 atom stereocenters. The van der Waals surface area contributed by atoms with Gasteiger partial charge < -0.3 is 4.90 Å². The molecule has 1 aliphatic carbocycles. The van der Waals surface area contributed by atoms with Crippen molar-refractivity contribution in [3.05, 3.63) is 15.6 Å². The van der Waals surface area contributed by atoms with Gasteiger partial charge in [-0.1, -0.05) is 0 Å². The Morgan fingerprint density at radius 3 is 2.50 bits per heavy atom. The highest BCUT2D eigenvalue weighted by Gasteiger charge is 2.45. The van der Waals surface area contributed by atoms with Crippen LogP contribution in [0.1, 0.15) is 39.6 Å². The van der Waals surface area contributed by atoms with Crippen molar-refractivity contribution >= 4 is 29.1 Å². The van der Waals surface area contributed by atoms with E-state index in [1.165, 1.54) is 11.3 Å². The molecule has 0 aromatic carbocycles. The quantitative estimate of drug-likeness (QED) is 0.835. The molecule has 1 unspecified atom stereocenters. The normalized spacial score (nSPS) is 22.0. The number of hydrogen-bond donors (Lipinski definition) is 1. The van der Waals surface area contributed by atoms with Crippen LogP contribution in [0.3, 0.4) is 0 Å². The molecule has 1 saturated carbocycles. The minimum absolute atomic E-state index is 0.0588. The van der Waals surface area contributed by atoms with Crippen LogP contribution in [0.2, 0.25) is 0 Å². The van der Waals surface area contributed by atoms with Crippen LogP contribution >= 0.6 is 11.3 Å². The fourth-order valence-corrected chi connectivity index (χ4v) is 3.34. The lowest BCUT2D eigenvalue weighted by Crippen LogP contribution is -2.46. The van der Waals surface area contributed by atoms with E-state index in [1.54, 1.807) is 4.90 Å². The summed E-state index contributed by atoms with van der Waals surface area (Å²) in [4.78, 5) is 42.6. The molecule has 1 saturated heterocycles. The molecule has 1 aliphatic heterocycles. The van der Waals surface area contributed by atoms with Crippen LogP contribution in [-0.4, -0.2) is 39.7 Å². The third kappa shape index (κ3) is 2.22. The molecule has 1 aromatic rings. The SMILES string of the molecule is Cc1nc(C(=O)N(C2CC2)C2CC(=O)NC2=O)c(C)s1. The Labute approximate surface area is 120 Å². The maximum atomic E-state index is 12.7. The molecule has 2 fully saturated rings. The zero-order valence-corrected chi connectivity index (χ0v) is 12.1. The van der Waals surface area contributed by atoms with Crippen LogP contribution in [0, 0.1) is 13.8 Å². The number of rotatable bonds is 3. The zero-order valence-electron chi connectivity index (χ0n) is 11.3. The highest BCUT2D eigenvalue weighted by molar-refractivity contribution is 7.11. The predicted octanol–water partition coefficient (Wildman–Crippen LogP) is 0.780. The lowest BCUT2D eigenvalue weighted by molar-refractivity contribution is -0.126. The Balaban J connectivity index is 1.91. The van der Waals surface area contributed by atoms with Crippen molar-refractivity contribution in [1.29, 1.82) is 0 Å². The monoisotopic (exact) mass is 293 g/mol. The van der Waals surface area contributed by atoms with Crippen molar-refractivity contribution in [3.63, 3.8) is 0 Å². The van der Waals surface area contributed by atoms with Crippen molar-refractivity contribution in [2.24, 2.45) is 0 Å². The highest BCUT2D eigenvalue weighted by atomic mass is 32.1. The van der Waals surface area contributed by atoms with E-state index in [1.807, 2.05) is 13.8 Å². The summed E-state index contributed by atoms with van der Waals surface area (Å²) < 4.78 is 0. The number of amides is 3. The Kier molecular flexibility index (Phi) is 3.08. The number of nitrogens with one attached hydrogen (secondary N) is 1. The molecule has 2 heterocycles. The van der Waals surface area contributed by atoms with Gasteiger partial charge in [-0.2, -0.15) is 0 Å². The van der Waals surface area contributed by atoms with E-state index in [-0.39, 0.29) is 30.2 Å². The summed E-state index contributed by atoms with van der Waals surface area (Å²) in [5.74, 6) is -0.923. The number of imide groups is 1. The van der Waals surface area contributed by atoms with Crippen molar-refractivity contribution in [2.75, 3.05) is 0 Å². The molecule has 7 heteroatoms. The van der Waals surface area contributed by atoms with E-state index >= 15 is 0 Å². The fraction of sp³-hybridized carbons (Fsp3) is 0.538. The van der Waals surface area contributed by atoms with Gasteiger partial charge in [0.15, 0.2) is 0 Å². The summed E-state index contributed by atoms with van der Waals surface area (Å²) in [5.41, 5.74) is 0.409. The lowest BCUT2D eigenvalue weighted by Gasteiger charge is -2.26. The smallest absolute Gasteiger partial charge is 0.274 e. The number of hydrogen-bond acceptors (Lipinski definition) is 5. The van der Waals surface area contributed by atoms with Gasteiger partial charge in [-0.15, -0.1) is 11.3 Å². The Hall–Kier alpha value is -1.76. The second kappa shape index (κ2) is 4.66. The standard InChI is InChI=1S/C13H15N3O3S/c1-6-11(14-7(2)20-6)13(19)16(8-3-4-8)9-5-10(17)15-12(9)18/h8-9H,3-5H2,1-2H3,(H,15,17,18). The first-order chi connectivity index (χ1) is 9.47. The van der Waals surface area contributed by atoms with Crippen LogP contribution in [-0.2, 0) is 9.59 Å². The van der Waals surface area contributed by atoms with E-state index in [2.05, 4.69) is 10.3 Å². The number of thiazole rings is 1. The highest BCUT2D eigenvalue weighted by Crippen LogP contribution is 2.33. The Bertz CT molecular complexity index is 606. The van der Waals surface area contributed by atoms with Crippen molar-refractivity contribution in [1.82, 2.24) is 15.2 Å². The summed E-state index contributed by atoms with van der Waals surface area (Å²) in [6.07, 6.45) is 1.82. The van der Waals surface area contributed by atoms with E-state index in [0.717, 1.165) is 22.7 Å². The van der Waals surface area contributed by atoms with E-state index in [9.17, 15) is 14.4 Å². The number of aryl methyl sites for hydroxylation is 2. The van der Waals surface area contributed by atoms with E-state index in [4.69, 9.17) is 0 Å². The fourth-order valence-electron chi connectivity index (χ4n) is 2.53. The largest absolute Gasteiger partial charge is 0.322 e. The minimum Gasteiger partial charge on any atom is -0.322 e. The van der Waals surface area contributed by atoms with Crippen LogP contribution in [0.15, 0.2) is 0 Å². The predicted molar refractivity (Wildman–Crippen MR) is 72.3 cm³/mol. The van der Waals surface area contributed by atoms with Crippen LogP contribution in [0.4, 0.5) is 0 Å². The van der Waals surface area contributed by atoms with Crippen molar-refractivity contribution < 1.29 is 14.4 Å². The van der Waals surface area contributed by atoms with Gasteiger partial charge in [0, 0.05) is 10.9 Å². The molecule has 0 bridgehead atoms. The second-order valence-corrected chi connectivity index (χ2v) is 6.62. The van der Waals surface area contributed by atoms with Gasteiger partial charge >= 0.3 is 0 Å². The zero-order chi connectivity index (χ0) is 14.4. The first-order valence-electron chi connectivity index (χ1n) is 6.57. The molecule has 6 nitrogen and oxygen atoms in total. The molecule has 1 N–H and O–H groups in total. The number of carbonyl (C=O) groups excluding carboxylic acids is 3. The summed E-state index contributed by atoms with van der Waals surface area (Å²) in [6, 6.07) is -0.616. The third-order valence-electron chi connectivity index (χ3n) is 3.56. The molecule has 106 valence electrons. The first-order valence-corrected chi connectivity index (χ1v) is 7.39.